The van der Waals surface area contributed by atoms with E-state index in [1.54, 1.807) is 0 Å². The molecule has 3 N–H and O–H groups in total. The molecule has 1 heterocycles. The average molecular weight is 233 g/mol. The van der Waals surface area contributed by atoms with Crippen LogP contribution in [0.3, 0.4) is 0 Å². The van der Waals surface area contributed by atoms with Gasteiger partial charge in [0.15, 0.2) is 5.13 Å². The van der Waals surface area contributed by atoms with Crippen LogP contribution in [0.1, 0.15) is 16.7 Å². The second-order valence-electron chi connectivity index (χ2n) is 3.86. The Morgan fingerprint density at radius 2 is 1.94 bits per heavy atom. The van der Waals surface area contributed by atoms with Gasteiger partial charge < -0.3 is 0 Å². The summed E-state index contributed by atoms with van der Waals surface area (Å²) in [5.74, 6) is 5.33. The fourth-order valence-electron chi connectivity index (χ4n) is 1.70. The van der Waals surface area contributed by atoms with Crippen molar-refractivity contribution in [3.05, 3.63) is 34.2 Å². The molecule has 0 unspecified atom stereocenters. The molecule has 0 amide bonds. The van der Waals surface area contributed by atoms with E-state index in [4.69, 9.17) is 5.84 Å². The number of hydrogen-bond donors (Lipinski definition) is 2. The van der Waals surface area contributed by atoms with Crippen molar-refractivity contribution in [2.75, 3.05) is 5.43 Å². The van der Waals surface area contributed by atoms with E-state index >= 15 is 0 Å². The maximum atomic E-state index is 5.33. The highest BCUT2D eigenvalue weighted by Crippen LogP contribution is 2.29. The van der Waals surface area contributed by atoms with E-state index in [2.05, 4.69) is 43.3 Å². The molecule has 0 spiro atoms. The minimum absolute atomic E-state index is 0.743. The molecule has 1 aromatic carbocycles. The summed E-state index contributed by atoms with van der Waals surface area (Å²) in [4.78, 5) is 4.41. The first-order valence-electron chi connectivity index (χ1n) is 5.13. The minimum atomic E-state index is 0.743. The van der Waals surface area contributed by atoms with Gasteiger partial charge in [-0.3, -0.25) is 5.43 Å². The lowest BCUT2D eigenvalue weighted by Gasteiger charge is -2.09. The molecule has 2 rings (SSSR count). The van der Waals surface area contributed by atoms with Crippen molar-refractivity contribution >= 4 is 16.5 Å². The van der Waals surface area contributed by atoms with Crippen LogP contribution in [0.2, 0.25) is 0 Å². The number of anilines is 1. The predicted molar refractivity (Wildman–Crippen MR) is 69.6 cm³/mol. The second-order valence-corrected chi connectivity index (χ2v) is 4.72. The smallest absolute Gasteiger partial charge is 0.197 e. The maximum Gasteiger partial charge on any atom is 0.197 e. The SMILES string of the molecule is Cc1ccc(-c2csc(NN)n2)c(C)c1C. The molecule has 84 valence electrons. The third kappa shape index (κ3) is 1.81. The van der Waals surface area contributed by atoms with E-state index in [0.29, 0.717) is 0 Å². The van der Waals surface area contributed by atoms with Crippen molar-refractivity contribution < 1.29 is 0 Å². The van der Waals surface area contributed by atoms with Crippen LogP contribution < -0.4 is 11.3 Å². The van der Waals surface area contributed by atoms with Gasteiger partial charge in [0, 0.05) is 10.9 Å². The standard InChI is InChI=1S/C12H15N3S/c1-7-4-5-10(9(3)8(7)2)11-6-16-12(14-11)15-13/h4-6H,13H2,1-3H3,(H,14,15). The van der Waals surface area contributed by atoms with Gasteiger partial charge in [-0.2, -0.15) is 0 Å². The monoisotopic (exact) mass is 233 g/mol. The highest BCUT2D eigenvalue weighted by atomic mass is 32.1. The van der Waals surface area contributed by atoms with Gasteiger partial charge in [0.1, 0.15) is 0 Å². The first kappa shape index (κ1) is 11.1. The molecule has 0 aliphatic rings. The lowest BCUT2D eigenvalue weighted by Crippen LogP contribution is -2.05. The molecule has 0 aliphatic carbocycles. The number of thiazole rings is 1. The van der Waals surface area contributed by atoms with E-state index < -0.39 is 0 Å². The number of benzene rings is 1. The number of nitrogens with two attached hydrogens (primary N) is 1. The van der Waals surface area contributed by atoms with Crippen molar-refractivity contribution in [3.8, 4) is 11.3 Å². The molecule has 0 aliphatic heterocycles. The Bertz CT molecular complexity index is 517. The van der Waals surface area contributed by atoms with E-state index in [0.717, 1.165) is 10.8 Å². The summed E-state index contributed by atoms with van der Waals surface area (Å²) >= 11 is 1.52. The van der Waals surface area contributed by atoms with Crippen molar-refractivity contribution in [2.24, 2.45) is 5.84 Å². The normalized spacial score (nSPS) is 10.5. The number of aromatic nitrogens is 1. The molecule has 3 nitrogen and oxygen atoms in total. The van der Waals surface area contributed by atoms with Gasteiger partial charge in [-0.15, -0.1) is 11.3 Å². The van der Waals surface area contributed by atoms with Crippen molar-refractivity contribution in [2.45, 2.75) is 20.8 Å². The van der Waals surface area contributed by atoms with Crippen LogP contribution in [0, 0.1) is 20.8 Å². The Morgan fingerprint density at radius 1 is 1.19 bits per heavy atom. The van der Waals surface area contributed by atoms with Gasteiger partial charge in [0.2, 0.25) is 0 Å². The predicted octanol–water partition coefficient (Wildman–Crippen LogP) is 3.02. The molecule has 0 saturated carbocycles. The summed E-state index contributed by atoms with van der Waals surface area (Å²) in [6, 6.07) is 4.25. The number of hydrogen-bond acceptors (Lipinski definition) is 4. The first-order valence-corrected chi connectivity index (χ1v) is 6.00. The fourth-order valence-corrected chi connectivity index (χ4v) is 2.32. The molecule has 1 aromatic heterocycles. The molecule has 2 aromatic rings. The molecule has 0 bridgehead atoms. The molecule has 0 saturated heterocycles. The summed E-state index contributed by atoms with van der Waals surface area (Å²) in [5.41, 5.74) is 8.66. The first-order chi connectivity index (χ1) is 7.63. The molecule has 4 heteroatoms. The summed E-state index contributed by atoms with van der Waals surface area (Å²) in [5, 5.41) is 2.76. The number of hydrazine groups is 1. The summed E-state index contributed by atoms with van der Waals surface area (Å²) in [6.45, 7) is 6.40. The van der Waals surface area contributed by atoms with Crippen molar-refractivity contribution in [1.82, 2.24) is 4.98 Å². The summed E-state index contributed by atoms with van der Waals surface area (Å²) in [6.07, 6.45) is 0. The van der Waals surface area contributed by atoms with Crippen LogP contribution >= 0.6 is 11.3 Å². The van der Waals surface area contributed by atoms with Crippen LogP contribution in [0.4, 0.5) is 5.13 Å². The van der Waals surface area contributed by atoms with Gasteiger partial charge in [-0.1, -0.05) is 12.1 Å². The zero-order chi connectivity index (χ0) is 11.7. The summed E-state index contributed by atoms with van der Waals surface area (Å²) < 4.78 is 0. The van der Waals surface area contributed by atoms with Crippen LogP contribution in [0.25, 0.3) is 11.3 Å². The Kier molecular flexibility index (Phi) is 2.94. The lowest BCUT2D eigenvalue weighted by atomic mass is 9.97. The van der Waals surface area contributed by atoms with Crippen LogP contribution in [0.15, 0.2) is 17.5 Å². The number of aryl methyl sites for hydroxylation is 1. The fraction of sp³-hybridized carbons (Fsp3) is 0.250. The van der Waals surface area contributed by atoms with Gasteiger partial charge in [-0.25, -0.2) is 10.8 Å². The molecule has 0 atom stereocenters. The minimum Gasteiger partial charge on any atom is -0.300 e. The number of rotatable bonds is 2. The van der Waals surface area contributed by atoms with Crippen LogP contribution in [-0.2, 0) is 0 Å². The van der Waals surface area contributed by atoms with Crippen LogP contribution in [-0.4, -0.2) is 4.98 Å². The van der Waals surface area contributed by atoms with E-state index in [1.165, 1.54) is 33.6 Å². The van der Waals surface area contributed by atoms with Crippen LogP contribution in [0.5, 0.6) is 0 Å². The maximum absolute atomic E-state index is 5.33. The molecule has 0 fully saturated rings. The molecular weight excluding hydrogens is 218 g/mol. The Hall–Kier alpha value is -1.39. The lowest BCUT2D eigenvalue weighted by molar-refractivity contribution is 1.24. The molecular formula is C12H15N3S. The van der Waals surface area contributed by atoms with E-state index in [1.807, 2.05) is 5.38 Å². The highest BCUT2D eigenvalue weighted by Gasteiger charge is 2.09. The van der Waals surface area contributed by atoms with Crippen molar-refractivity contribution in [1.29, 1.82) is 0 Å². The average Bonchev–Trinajstić information content (AvgIpc) is 2.74. The molecule has 16 heavy (non-hydrogen) atoms. The van der Waals surface area contributed by atoms with E-state index in [-0.39, 0.29) is 0 Å². The quantitative estimate of drug-likeness (QED) is 0.619. The Labute approximate surface area is 99.3 Å². The van der Waals surface area contributed by atoms with Crippen molar-refractivity contribution in [3.63, 3.8) is 0 Å². The molecule has 0 radical (unpaired) electrons. The Morgan fingerprint density at radius 3 is 2.56 bits per heavy atom. The number of nitrogen functional groups attached to an aromatic ring is 1. The largest absolute Gasteiger partial charge is 0.300 e. The summed E-state index contributed by atoms with van der Waals surface area (Å²) in [7, 11) is 0. The second kappa shape index (κ2) is 4.23. The highest BCUT2D eigenvalue weighted by molar-refractivity contribution is 7.14. The van der Waals surface area contributed by atoms with Gasteiger partial charge in [-0.05, 0) is 37.5 Å². The Balaban J connectivity index is 2.52. The van der Waals surface area contributed by atoms with E-state index in [9.17, 15) is 0 Å². The third-order valence-corrected chi connectivity index (χ3v) is 3.74. The zero-order valence-corrected chi connectivity index (χ0v) is 10.5. The third-order valence-electron chi connectivity index (χ3n) is 2.96. The van der Waals surface area contributed by atoms with Gasteiger partial charge in [0.05, 0.1) is 5.69 Å². The number of nitrogens with zero attached hydrogens (tertiary/aromatic N) is 1. The van der Waals surface area contributed by atoms with Gasteiger partial charge in [0.25, 0.3) is 0 Å². The number of nitrogens with one attached hydrogen (secondary N) is 1. The van der Waals surface area contributed by atoms with Gasteiger partial charge >= 0.3 is 0 Å². The zero-order valence-electron chi connectivity index (χ0n) is 9.66. The topological polar surface area (TPSA) is 50.9 Å².